The van der Waals surface area contributed by atoms with E-state index in [9.17, 15) is 4.79 Å². The predicted molar refractivity (Wildman–Crippen MR) is 98.4 cm³/mol. The molecule has 1 heteroatoms. The van der Waals surface area contributed by atoms with Crippen molar-refractivity contribution < 1.29 is 4.79 Å². The van der Waals surface area contributed by atoms with Crippen LogP contribution in [0.3, 0.4) is 0 Å². The minimum atomic E-state index is 0.283. The molecule has 0 bridgehead atoms. The first kappa shape index (κ1) is 17.5. The standard InChI is InChI=1S/C22H28O/c1-2-19-14-10-15-21(18-17-19)22(23)16-9-4-3-6-11-20-12-7-5-8-13-20/h5,7-8,10,12-15,17-19H,2-4,6,9,11,16H2,1H3. The van der Waals surface area contributed by atoms with E-state index in [-0.39, 0.29) is 5.78 Å². The van der Waals surface area contributed by atoms with Crippen molar-refractivity contribution in [2.45, 2.75) is 51.9 Å². The number of carbonyl (C=O) groups is 1. The lowest BCUT2D eigenvalue weighted by molar-refractivity contribution is -0.115. The summed E-state index contributed by atoms with van der Waals surface area (Å²) in [5.74, 6) is 0.750. The van der Waals surface area contributed by atoms with E-state index in [2.05, 4.69) is 49.4 Å². The van der Waals surface area contributed by atoms with Crippen molar-refractivity contribution in [3.8, 4) is 0 Å². The van der Waals surface area contributed by atoms with E-state index in [0.29, 0.717) is 12.3 Å². The molecule has 0 radical (unpaired) electrons. The summed E-state index contributed by atoms with van der Waals surface area (Å²) in [6.45, 7) is 2.17. The Balaban J connectivity index is 1.62. The highest BCUT2D eigenvalue weighted by Crippen LogP contribution is 2.16. The molecule has 0 saturated carbocycles. The van der Waals surface area contributed by atoms with Gasteiger partial charge in [0.05, 0.1) is 0 Å². The highest BCUT2D eigenvalue weighted by atomic mass is 16.1. The summed E-state index contributed by atoms with van der Waals surface area (Å²) in [6, 6.07) is 10.6. The van der Waals surface area contributed by atoms with E-state index in [1.54, 1.807) is 0 Å². The van der Waals surface area contributed by atoms with E-state index < -0.39 is 0 Å². The summed E-state index contributed by atoms with van der Waals surface area (Å²) in [7, 11) is 0. The summed E-state index contributed by atoms with van der Waals surface area (Å²) >= 11 is 0. The molecule has 0 saturated heterocycles. The number of ketones is 1. The van der Waals surface area contributed by atoms with Gasteiger partial charge in [-0.3, -0.25) is 4.79 Å². The molecule has 122 valence electrons. The van der Waals surface area contributed by atoms with Crippen molar-refractivity contribution in [1.29, 1.82) is 0 Å². The second-order valence-corrected chi connectivity index (χ2v) is 6.26. The third kappa shape index (κ3) is 6.40. The van der Waals surface area contributed by atoms with Crippen LogP contribution in [0.2, 0.25) is 0 Å². The number of allylic oxidation sites excluding steroid dienone is 6. The molecule has 0 aromatic heterocycles. The number of unbranched alkanes of at least 4 members (excludes halogenated alkanes) is 3. The molecular weight excluding hydrogens is 280 g/mol. The normalized spacial score (nSPS) is 16.9. The van der Waals surface area contributed by atoms with Gasteiger partial charge >= 0.3 is 0 Å². The lowest BCUT2D eigenvalue weighted by Crippen LogP contribution is -2.00. The van der Waals surface area contributed by atoms with Crippen molar-refractivity contribution in [3.05, 3.63) is 71.8 Å². The number of aryl methyl sites for hydroxylation is 1. The van der Waals surface area contributed by atoms with E-state index in [4.69, 9.17) is 0 Å². The summed E-state index contributed by atoms with van der Waals surface area (Å²) in [5, 5.41) is 0. The maximum atomic E-state index is 12.2. The van der Waals surface area contributed by atoms with Crippen molar-refractivity contribution in [1.82, 2.24) is 0 Å². The molecule has 0 fully saturated rings. The average Bonchev–Trinajstić information content (AvgIpc) is 2.84. The van der Waals surface area contributed by atoms with Crippen LogP contribution in [0, 0.1) is 5.92 Å². The monoisotopic (exact) mass is 308 g/mol. The third-order valence-electron chi connectivity index (χ3n) is 4.41. The van der Waals surface area contributed by atoms with Crippen LogP contribution in [0.25, 0.3) is 0 Å². The van der Waals surface area contributed by atoms with Gasteiger partial charge < -0.3 is 0 Å². The first-order valence-electron chi connectivity index (χ1n) is 8.93. The molecule has 1 atom stereocenters. The Kier molecular flexibility index (Phi) is 7.59. The van der Waals surface area contributed by atoms with Crippen LogP contribution in [0.1, 0.15) is 51.0 Å². The minimum absolute atomic E-state index is 0.283. The maximum Gasteiger partial charge on any atom is 0.162 e. The molecule has 1 aromatic carbocycles. The van der Waals surface area contributed by atoms with Gasteiger partial charge in [0, 0.05) is 12.0 Å². The largest absolute Gasteiger partial charge is 0.294 e. The van der Waals surface area contributed by atoms with Gasteiger partial charge in [-0.1, -0.05) is 80.5 Å². The summed E-state index contributed by atoms with van der Waals surface area (Å²) in [5.41, 5.74) is 2.27. The molecule has 1 aromatic rings. The van der Waals surface area contributed by atoms with Gasteiger partial charge in [0.25, 0.3) is 0 Å². The number of carbonyl (C=O) groups excluding carboxylic acids is 1. The maximum absolute atomic E-state index is 12.2. The highest BCUT2D eigenvalue weighted by Gasteiger charge is 2.08. The number of Topliss-reactive ketones (excluding diaryl/α,β-unsaturated/α-hetero) is 1. The van der Waals surface area contributed by atoms with Crippen LogP contribution in [0.15, 0.2) is 66.3 Å². The molecular formula is C22H28O. The van der Waals surface area contributed by atoms with Crippen molar-refractivity contribution in [2.75, 3.05) is 0 Å². The fraction of sp³-hybridized carbons (Fsp3) is 0.409. The summed E-state index contributed by atoms with van der Waals surface area (Å²) in [6.07, 6.45) is 17.8. The first-order valence-corrected chi connectivity index (χ1v) is 8.93. The lowest BCUT2D eigenvalue weighted by atomic mass is 10.0. The first-order chi connectivity index (χ1) is 11.3. The van der Waals surface area contributed by atoms with Gasteiger partial charge in [0.2, 0.25) is 0 Å². The molecule has 0 N–H and O–H groups in total. The molecule has 1 aliphatic carbocycles. The van der Waals surface area contributed by atoms with Gasteiger partial charge in [-0.15, -0.1) is 0 Å². The van der Waals surface area contributed by atoms with Crippen molar-refractivity contribution in [3.63, 3.8) is 0 Å². The van der Waals surface area contributed by atoms with E-state index in [1.807, 2.05) is 18.2 Å². The topological polar surface area (TPSA) is 17.1 Å². The Hall–Kier alpha value is -1.89. The average molecular weight is 308 g/mol. The Morgan fingerprint density at radius 3 is 2.57 bits per heavy atom. The van der Waals surface area contributed by atoms with Gasteiger partial charge in [-0.05, 0) is 37.2 Å². The van der Waals surface area contributed by atoms with Crippen LogP contribution in [-0.2, 0) is 11.2 Å². The molecule has 0 amide bonds. The van der Waals surface area contributed by atoms with Crippen LogP contribution in [0.5, 0.6) is 0 Å². The van der Waals surface area contributed by atoms with E-state index in [0.717, 1.165) is 31.3 Å². The molecule has 23 heavy (non-hydrogen) atoms. The molecule has 0 spiro atoms. The van der Waals surface area contributed by atoms with Gasteiger partial charge in [-0.25, -0.2) is 0 Å². The molecule has 0 aliphatic heterocycles. The van der Waals surface area contributed by atoms with Crippen molar-refractivity contribution >= 4 is 5.78 Å². The van der Waals surface area contributed by atoms with Crippen LogP contribution >= 0.6 is 0 Å². The van der Waals surface area contributed by atoms with Gasteiger partial charge in [-0.2, -0.15) is 0 Å². The van der Waals surface area contributed by atoms with Gasteiger partial charge in [0.15, 0.2) is 5.78 Å². The van der Waals surface area contributed by atoms with Crippen LogP contribution in [-0.4, -0.2) is 5.78 Å². The number of rotatable bonds is 9. The Morgan fingerprint density at radius 1 is 1.00 bits per heavy atom. The lowest BCUT2D eigenvalue weighted by Gasteiger charge is -2.03. The SMILES string of the molecule is CCC1C=CC=C(C(=O)CCCCCCc2ccccc2)C=C1. The summed E-state index contributed by atoms with van der Waals surface area (Å²) < 4.78 is 0. The fourth-order valence-corrected chi connectivity index (χ4v) is 2.86. The molecule has 1 nitrogen and oxygen atoms in total. The quantitative estimate of drug-likeness (QED) is 0.525. The minimum Gasteiger partial charge on any atom is -0.294 e. The smallest absolute Gasteiger partial charge is 0.162 e. The molecule has 0 heterocycles. The van der Waals surface area contributed by atoms with Crippen LogP contribution in [0.4, 0.5) is 0 Å². The number of hydrogen-bond acceptors (Lipinski definition) is 1. The molecule has 1 unspecified atom stereocenters. The van der Waals surface area contributed by atoms with Crippen LogP contribution < -0.4 is 0 Å². The zero-order valence-electron chi connectivity index (χ0n) is 14.2. The van der Waals surface area contributed by atoms with E-state index >= 15 is 0 Å². The van der Waals surface area contributed by atoms with Crippen molar-refractivity contribution in [2.24, 2.45) is 5.92 Å². The zero-order valence-corrected chi connectivity index (χ0v) is 14.2. The second kappa shape index (κ2) is 9.99. The Labute approximate surface area is 140 Å². The van der Waals surface area contributed by atoms with E-state index in [1.165, 1.54) is 18.4 Å². The predicted octanol–water partition coefficient (Wildman–Crippen LogP) is 5.83. The number of benzene rings is 1. The fourth-order valence-electron chi connectivity index (χ4n) is 2.86. The molecule has 1 aliphatic rings. The second-order valence-electron chi connectivity index (χ2n) is 6.26. The Morgan fingerprint density at radius 2 is 1.78 bits per heavy atom. The van der Waals surface area contributed by atoms with Gasteiger partial charge in [0.1, 0.15) is 0 Å². The third-order valence-corrected chi connectivity index (χ3v) is 4.41. The number of hydrogen-bond donors (Lipinski definition) is 0. The highest BCUT2D eigenvalue weighted by molar-refractivity contribution is 5.98. The molecule has 2 rings (SSSR count). The Bertz CT molecular complexity index is 563. The summed E-state index contributed by atoms with van der Waals surface area (Å²) in [4.78, 5) is 12.2. The zero-order chi connectivity index (χ0) is 16.3.